The summed E-state index contributed by atoms with van der Waals surface area (Å²) < 4.78 is 0.932. The van der Waals surface area contributed by atoms with Crippen LogP contribution in [-0.2, 0) is 11.2 Å². The van der Waals surface area contributed by atoms with Crippen molar-refractivity contribution in [2.75, 3.05) is 0 Å². The van der Waals surface area contributed by atoms with Crippen molar-refractivity contribution in [1.29, 1.82) is 0 Å². The van der Waals surface area contributed by atoms with Crippen LogP contribution in [0.4, 0.5) is 5.69 Å². The van der Waals surface area contributed by atoms with Gasteiger partial charge >= 0.3 is 0 Å². The zero-order chi connectivity index (χ0) is 16.8. The lowest BCUT2D eigenvalue weighted by Crippen LogP contribution is -2.21. The Morgan fingerprint density at radius 2 is 1.96 bits per heavy atom. The monoisotopic (exact) mass is 375 g/mol. The number of halogens is 1. The number of rotatable bonds is 5. The number of nitro benzene ring substituents is 1. The lowest BCUT2D eigenvalue weighted by molar-refractivity contribution is -0.384. The van der Waals surface area contributed by atoms with E-state index in [0.717, 1.165) is 10.0 Å². The van der Waals surface area contributed by atoms with Crippen LogP contribution in [0.15, 0.2) is 58.1 Å². The molecule has 0 heterocycles. The van der Waals surface area contributed by atoms with Gasteiger partial charge in [0.1, 0.15) is 0 Å². The molecule has 0 saturated carbocycles. The van der Waals surface area contributed by atoms with E-state index in [1.807, 2.05) is 24.3 Å². The lowest BCUT2D eigenvalue weighted by atomic mass is 10.1. The molecule has 0 bridgehead atoms. The van der Waals surface area contributed by atoms with Gasteiger partial charge in [0.05, 0.1) is 17.1 Å². The van der Waals surface area contributed by atoms with E-state index in [2.05, 4.69) is 26.5 Å². The zero-order valence-corrected chi connectivity index (χ0v) is 13.9. The molecule has 0 aromatic heterocycles. The van der Waals surface area contributed by atoms with Crippen LogP contribution in [0.25, 0.3) is 0 Å². The molecule has 23 heavy (non-hydrogen) atoms. The number of carbonyl (C=O) groups excluding carboxylic acids is 1. The van der Waals surface area contributed by atoms with Crippen molar-refractivity contribution < 1.29 is 9.72 Å². The predicted octanol–water partition coefficient (Wildman–Crippen LogP) is 3.44. The maximum Gasteiger partial charge on any atom is 0.269 e. The first kappa shape index (κ1) is 16.8. The van der Waals surface area contributed by atoms with Crippen LogP contribution in [0.5, 0.6) is 0 Å². The Hall–Kier alpha value is -2.54. The van der Waals surface area contributed by atoms with Crippen LogP contribution in [0.2, 0.25) is 0 Å². The summed E-state index contributed by atoms with van der Waals surface area (Å²) in [5.74, 6) is -0.284. The Bertz CT molecular complexity index is 757. The number of non-ortho nitro benzene ring substituents is 1. The van der Waals surface area contributed by atoms with Crippen molar-refractivity contribution in [3.8, 4) is 0 Å². The summed E-state index contributed by atoms with van der Waals surface area (Å²) in [6, 6.07) is 13.5. The number of nitro groups is 1. The second-order valence-corrected chi connectivity index (χ2v) is 5.76. The van der Waals surface area contributed by atoms with E-state index < -0.39 is 4.92 Å². The molecule has 0 spiro atoms. The average molecular weight is 376 g/mol. The summed E-state index contributed by atoms with van der Waals surface area (Å²) in [6.07, 6.45) is 0.104. The van der Waals surface area contributed by atoms with Crippen molar-refractivity contribution in [2.24, 2.45) is 5.10 Å². The fourth-order valence-corrected chi connectivity index (χ4v) is 2.28. The van der Waals surface area contributed by atoms with Gasteiger partial charge in [-0.2, -0.15) is 5.10 Å². The van der Waals surface area contributed by atoms with Crippen molar-refractivity contribution in [2.45, 2.75) is 13.3 Å². The molecule has 2 aromatic carbocycles. The zero-order valence-electron chi connectivity index (χ0n) is 12.3. The van der Waals surface area contributed by atoms with Gasteiger partial charge in [0.2, 0.25) is 5.91 Å². The topological polar surface area (TPSA) is 84.6 Å². The first-order valence-corrected chi connectivity index (χ1v) is 7.57. The third kappa shape index (κ3) is 5.00. The molecule has 118 valence electrons. The third-order valence-corrected chi connectivity index (χ3v) is 3.60. The van der Waals surface area contributed by atoms with Gasteiger partial charge in [-0.15, -0.1) is 0 Å². The van der Waals surface area contributed by atoms with Crippen molar-refractivity contribution >= 4 is 33.2 Å². The van der Waals surface area contributed by atoms with Gasteiger partial charge < -0.3 is 0 Å². The van der Waals surface area contributed by atoms with Gasteiger partial charge in [-0.05, 0) is 30.2 Å². The summed E-state index contributed by atoms with van der Waals surface area (Å²) in [4.78, 5) is 22.0. The highest BCUT2D eigenvalue weighted by molar-refractivity contribution is 9.10. The van der Waals surface area contributed by atoms with Gasteiger partial charge in [0.15, 0.2) is 0 Å². The number of amides is 1. The quantitative estimate of drug-likeness (QED) is 0.493. The van der Waals surface area contributed by atoms with E-state index in [1.54, 1.807) is 19.1 Å². The van der Waals surface area contributed by atoms with E-state index in [4.69, 9.17) is 0 Å². The van der Waals surface area contributed by atoms with Gasteiger partial charge in [0, 0.05) is 16.6 Å². The first-order valence-electron chi connectivity index (χ1n) is 6.78. The molecular formula is C16H14BrN3O3. The molecule has 0 saturated heterocycles. The van der Waals surface area contributed by atoms with E-state index >= 15 is 0 Å². The molecule has 7 heteroatoms. The number of carbonyl (C=O) groups is 1. The van der Waals surface area contributed by atoms with Crippen LogP contribution >= 0.6 is 15.9 Å². The summed E-state index contributed by atoms with van der Waals surface area (Å²) in [7, 11) is 0. The Labute approximate surface area is 141 Å². The highest BCUT2D eigenvalue weighted by atomic mass is 79.9. The molecule has 2 rings (SSSR count). The molecule has 6 nitrogen and oxygen atoms in total. The smallest absolute Gasteiger partial charge is 0.269 e. The molecule has 0 fully saturated rings. The Balaban J connectivity index is 1.96. The highest BCUT2D eigenvalue weighted by Gasteiger charge is 2.07. The van der Waals surface area contributed by atoms with E-state index in [1.165, 1.54) is 12.1 Å². The number of nitrogens with one attached hydrogen (secondary N) is 1. The summed E-state index contributed by atoms with van der Waals surface area (Å²) >= 11 is 3.38. The van der Waals surface area contributed by atoms with E-state index in [9.17, 15) is 14.9 Å². The third-order valence-electron chi connectivity index (χ3n) is 3.10. The average Bonchev–Trinajstić information content (AvgIpc) is 2.53. The Morgan fingerprint density at radius 3 is 2.57 bits per heavy atom. The van der Waals surface area contributed by atoms with Crippen LogP contribution in [-0.4, -0.2) is 16.5 Å². The summed E-state index contributed by atoms with van der Waals surface area (Å²) in [6.45, 7) is 1.80. The molecule has 1 N–H and O–H groups in total. The SMILES string of the molecule is C/C(=N/NC(=O)Cc1ccc([N+](=O)[O-])cc1)c1cccc(Br)c1. The molecule has 2 aromatic rings. The first-order chi connectivity index (χ1) is 11.0. The van der Waals surface area contributed by atoms with Crippen molar-refractivity contribution in [1.82, 2.24) is 5.43 Å². The molecular weight excluding hydrogens is 362 g/mol. The minimum atomic E-state index is -0.477. The number of hydrazone groups is 1. The largest absolute Gasteiger partial charge is 0.273 e. The number of nitrogens with zero attached hydrogens (tertiary/aromatic N) is 2. The number of hydrogen-bond donors (Lipinski definition) is 1. The van der Waals surface area contributed by atoms with Gasteiger partial charge in [-0.1, -0.05) is 40.2 Å². The molecule has 0 aliphatic carbocycles. The van der Waals surface area contributed by atoms with Crippen molar-refractivity contribution in [3.05, 3.63) is 74.2 Å². The van der Waals surface area contributed by atoms with Crippen molar-refractivity contribution in [3.63, 3.8) is 0 Å². The molecule has 0 unspecified atom stereocenters. The molecule has 0 aliphatic rings. The van der Waals surface area contributed by atoms with Gasteiger partial charge in [-0.25, -0.2) is 5.43 Å². The van der Waals surface area contributed by atoms with Gasteiger partial charge in [0.25, 0.3) is 5.69 Å². The van der Waals surface area contributed by atoms with Crippen LogP contribution in [0.1, 0.15) is 18.1 Å². The number of benzene rings is 2. The standard InChI is InChI=1S/C16H14BrN3O3/c1-11(13-3-2-4-14(17)10-13)18-19-16(21)9-12-5-7-15(8-6-12)20(22)23/h2-8,10H,9H2,1H3,(H,19,21)/b18-11-. The Morgan fingerprint density at radius 1 is 1.26 bits per heavy atom. The molecule has 0 atom stereocenters. The number of hydrogen-bond acceptors (Lipinski definition) is 4. The maximum absolute atomic E-state index is 11.9. The predicted molar refractivity (Wildman–Crippen MR) is 91.3 cm³/mol. The normalized spacial score (nSPS) is 11.1. The van der Waals surface area contributed by atoms with Crippen LogP contribution < -0.4 is 5.43 Å². The maximum atomic E-state index is 11.9. The molecule has 0 radical (unpaired) electrons. The highest BCUT2D eigenvalue weighted by Crippen LogP contribution is 2.13. The minimum absolute atomic E-state index is 0.00215. The van der Waals surface area contributed by atoms with E-state index in [0.29, 0.717) is 11.3 Å². The fraction of sp³-hybridized carbons (Fsp3) is 0.125. The summed E-state index contributed by atoms with van der Waals surface area (Å²) in [5.41, 5.74) is 4.75. The Kier molecular flexibility index (Phi) is 5.59. The lowest BCUT2D eigenvalue weighted by Gasteiger charge is -2.04. The van der Waals surface area contributed by atoms with Gasteiger partial charge in [-0.3, -0.25) is 14.9 Å². The van der Waals surface area contributed by atoms with E-state index in [-0.39, 0.29) is 18.0 Å². The van der Waals surface area contributed by atoms with Crippen LogP contribution in [0, 0.1) is 10.1 Å². The second-order valence-electron chi connectivity index (χ2n) is 4.84. The fourth-order valence-electron chi connectivity index (χ4n) is 1.88. The van der Waals surface area contributed by atoms with Crippen LogP contribution in [0.3, 0.4) is 0 Å². The summed E-state index contributed by atoms with van der Waals surface area (Å²) in [5, 5.41) is 14.6. The second kappa shape index (κ2) is 7.64. The molecule has 1 amide bonds. The minimum Gasteiger partial charge on any atom is -0.273 e. The molecule has 0 aliphatic heterocycles.